The van der Waals surface area contributed by atoms with Crippen LogP contribution in [0.3, 0.4) is 0 Å². The van der Waals surface area contributed by atoms with Gasteiger partial charge in [0.15, 0.2) is 0 Å². The van der Waals surface area contributed by atoms with Gasteiger partial charge in [0.05, 0.1) is 0 Å². The van der Waals surface area contributed by atoms with Crippen LogP contribution in [0.1, 0.15) is 53.9 Å². The zero-order valence-corrected chi connectivity index (χ0v) is 11.4. The molecule has 1 heterocycles. The van der Waals surface area contributed by atoms with E-state index in [0.29, 0.717) is 12.3 Å². The fourth-order valence-electron chi connectivity index (χ4n) is 2.25. The van der Waals surface area contributed by atoms with Crippen LogP contribution in [-0.4, -0.2) is 35.0 Å². The van der Waals surface area contributed by atoms with Gasteiger partial charge in [-0.2, -0.15) is 0 Å². The monoisotopic (exact) mass is 226 g/mol. The van der Waals surface area contributed by atoms with Gasteiger partial charge in [0.2, 0.25) is 5.91 Å². The highest BCUT2D eigenvalue weighted by molar-refractivity contribution is 5.77. The predicted molar refractivity (Wildman–Crippen MR) is 67.4 cm³/mol. The highest BCUT2D eigenvalue weighted by atomic mass is 16.2. The summed E-state index contributed by atoms with van der Waals surface area (Å²) >= 11 is 0. The number of carbonyl (C=O) groups excluding carboxylic acids is 1. The lowest BCUT2D eigenvalue weighted by atomic mass is 10.0. The number of hydrogen-bond acceptors (Lipinski definition) is 2. The van der Waals surface area contributed by atoms with Crippen LogP contribution in [0.4, 0.5) is 0 Å². The third kappa shape index (κ3) is 3.78. The minimum atomic E-state index is 0.0683. The van der Waals surface area contributed by atoms with Gasteiger partial charge in [-0.05, 0) is 47.5 Å². The van der Waals surface area contributed by atoms with E-state index < -0.39 is 0 Å². The van der Waals surface area contributed by atoms with E-state index in [9.17, 15) is 4.79 Å². The predicted octanol–water partition coefficient (Wildman–Crippen LogP) is 2.17. The lowest BCUT2D eigenvalue weighted by Gasteiger charge is -2.32. The number of hydrogen-bond donors (Lipinski definition) is 1. The van der Waals surface area contributed by atoms with E-state index in [0.717, 1.165) is 25.9 Å². The average Bonchev–Trinajstić information content (AvgIpc) is 2.42. The van der Waals surface area contributed by atoms with Crippen LogP contribution in [0.15, 0.2) is 0 Å². The number of nitrogens with one attached hydrogen (secondary N) is 1. The highest BCUT2D eigenvalue weighted by Crippen LogP contribution is 2.28. The van der Waals surface area contributed by atoms with Crippen LogP contribution in [0.25, 0.3) is 0 Å². The second kappa shape index (κ2) is 4.74. The third-order valence-electron chi connectivity index (χ3n) is 3.20. The molecular formula is C13H26N2O. The number of nitrogens with zero attached hydrogens (tertiary/aromatic N) is 1. The Balaban J connectivity index is 2.36. The summed E-state index contributed by atoms with van der Waals surface area (Å²) in [5.74, 6) is 0.291. The van der Waals surface area contributed by atoms with Crippen LogP contribution in [0.5, 0.6) is 0 Å². The molecular weight excluding hydrogens is 200 g/mol. The molecule has 3 heteroatoms. The maximum absolute atomic E-state index is 12.0. The van der Waals surface area contributed by atoms with Crippen molar-refractivity contribution in [1.82, 2.24) is 10.2 Å². The van der Waals surface area contributed by atoms with Gasteiger partial charge < -0.3 is 10.2 Å². The summed E-state index contributed by atoms with van der Waals surface area (Å²) in [6.45, 7) is 12.4. The van der Waals surface area contributed by atoms with Crippen molar-refractivity contribution in [2.75, 3.05) is 13.1 Å². The molecule has 16 heavy (non-hydrogen) atoms. The zero-order chi connectivity index (χ0) is 12.4. The van der Waals surface area contributed by atoms with Gasteiger partial charge in [-0.1, -0.05) is 0 Å². The number of carbonyl (C=O) groups is 1. The fraction of sp³-hybridized carbons (Fsp3) is 0.923. The SMILES string of the molecule is CC(C)(C)NCCC(=O)N1CCCC1(C)C. The molecule has 1 N–H and O–H groups in total. The smallest absolute Gasteiger partial charge is 0.224 e. The maximum atomic E-state index is 12.0. The number of rotatable bonds is 3. The Morgan fingerprint density at radius 2 is 2.00 bits per heavy atom. The average molecular weight is 226 g/mol. The van der Waals surface area contributed by atoms with E-state index in [1.807, 2.05) is 4.90 Å². The molecule has 0 aromatic rings. The van der Waals surface area contributed by atoms with Crippen molar-refractivity contribution in [3.05, 3.63) is 0 Å². The van der Waals surface area contributed by atoms with E-state index >= 15 is 0 Å². The molecule has 0 saturated carbocycles. The van der Waals surface area contributed by atoms with Gasteiger partial charge >= 0.3 is 0 Å². The molecule has 0 bridgehead atoms. The molecule has 0 radical (unpaired) electrons. The van der Waals surface area contributed by atoms with Crippen molar-refractivity contribution >= 4 is 5.91 Å². The van der Waals surface area contributed by atoms with Gasteiger partial charge in [-0.25, -0.2) is 0 Å². The first-order chi connectivity index (χ1) is 7.22. The normalized spacial score (nSPS) is 20.2. The lowest BCUT2D eigenvalue weighted by molar-refractivity contribution is -0.134. The van der Waals surface area contributed by atoms with Gasteiger partial charge in [0, 0.05) is 30.6 Å². The standard InChI is InChI=1S/C13H26N2O/c1-12(2,3)14-9-7-11(16)15-10-6-8-13(15,4)5/h14H,6-10H2,1-5H3. The molecule has 1 amide bonds. The van der Waals surface area contributed by atoms with E-state index in [4.69, 9.17) is 0 Å². The van der Waals surface area contributed by atoms with Crippen LogP contribution in [0.2, 0.25) is 0 Å². The van der Waals surface area contributed by atoms with Crippen LogP contribution < -0.4 is 5.32 Å². The topological polar surface area (TPSA) is 32.3 Å². The summed E-state index contributed by atoms with van der Waals surface area (Å²) in [6.07, 6.45) is 2.89. The van der Waals surface area contributed by atoms with Crippen molar-refractivity contribution in [2.24, 2.45) is 0 Å². The Morgan fingerprint density at radius 1 is 1.38 bits per heavy atom. The molecule has 1 aliphatic rings. The first-order valence-corrected chi connectivity index (χ1v) is 6.28. The minimum absolute atomic E-state index is 0.0683. The van der Waals surface area contributed by atoms with Gasteiger partial charge in [0.1, 0.15) is 0 Å². The number of amides is 1. The van der Waals surface area contributed by atoms with Gasteiger partial charge in [0.25, 0.3) is 0 Å². The molecule has 0 spiro atoms. The largest absolute Gasteiger partial charge is 0.338 e. The summed E-state index contributed by atoms with van der Waals surface area (Å²) < 4.78 is 0. The summed E-state index contributed by atoms with van der Waals surface area (Å²) in [6, 6.07) is 0. The van der Waals surface area contributed by atoms with Crippen LogP contribution in [0, 0.1) is 0 Å². The first kappa shape index (κ1) is 13.5. The van der Waals surface area contributed by atoms with Crippen molar-refractivity contribution in [1.29, 1.82) is 0 Å². The molecule has 0 unspecified atom stereocenters. The molecule has 3 nitrogen and oxygen atoms in total. The molecule has 0 aromatic heterocycles. The summed E-state index contributed by atoms with van der Waals surface area (Å²) in [7, 11) is 0. The lowest BCUT2D eigenvalue weighted by Crippen LogP contribution is -2.44. The van der Waals surface area contributed by atoms with E-state index in [2.05, 4.69) is 39.9 Å². The molecule has 0 aromatic carbocycles. The van der Waals surface area contributed by atoms with Crippen molar-refractivity contribution in [3.8, 4) is 0 Å². The Kier molecular flexibility index (Phi) is 4.00. The summed E-state index contributed by atoms with van der Waals surface area (Å²) in [5, 5.41) is 3.36. The van der Waals surface area contributed by atoms with Gasteiger partial charge in [-0.15, -0.1) is 0 Å². The fourth-order valence-corrected chi connectivity index (χ4v) is 2.25. The van der Waals surface area contributed by atoms with Crippen molar-refractivity contribution in [3.63, 3.8) is 0 Å². The van der Waals surface area contributed by atoms with Gasteiger partial charge in [-0.3, -0.25) is 4.79 Å². The Hall–Kier alpha value is -0.570. The Labute approximate surface area is 99.6 Å². The maximum Gasteiger partial charge on any atom is 0.224 e. The first-order valence-electron chi connectivity index (χ1n) is 6.28. The molecule has 1 rings (SSSR count). The zero-order valence-electron chi connectivity index (χ0n) is 11.4. The highest BCUT2D eigenvalue weighted by Gasteiger charge is 2.34. The van der Waals surface area contributed by atoms with Crippen molar-refractivity contribution in [2.45, 2.75) is 65.0 Å². The molecule has 1 aliphatic heterocycles. The number of likely N-dealkylation sites (tertiary alicyclic amines) is 1. The van der Waals surface area contributed by atoms with E-state index in [1.165, 1.54) is 0 Å². The minimum Gasteiger partial charge on any atom is -0.338 e. The molecule has 0 aliphatic carbocycles. The van der Waals surface area contributed by atoms with E-state index in [-0.39, 0.29) is 11.1 Å². The molecule has 0 atom stereocenters. The molecule has 94 valence electrons. The quantitative estimate of drug-likeness (QED) is 0.800. The van der Waals surface area contributed by atoms with Crippen LogP contribution in [-0.2, 0) is 4.79 Å². The summed E-state index contributed by atoms with van der Waals surface area (Å²) in [4.78, 5) is 14.1. The third-order valence-corrected chi connectivity index (χ3v) is 3.20. The van der Waals surface area contributed by atoms with Crippen molar-refractivity contribution < 1.29 is 4.79 Å². The molecule has 1 saturated heterocycles. The van der Waals surface area contributed by atoms with E-state index in [1.54, 1.807) is 0 Å². The Bertz CT molecular complexity index is 253. The molecule has 1 fully saturated rings. The summed E-state index contributed by atoms with van der Waals surface area (Å²) in [5.41, 5.74) is 0.166. The van der Waals surface area contributed by atoms with Crippen LogP contribution >= 0.6 is 0 Å². The second-order valence-corrected chi connectivity index (χ2v) is 6.39. The second-order valence-electron chi connectivity index (χ2n) is 6.39. The Morgan fingerprint density at radius 3 is 2.44 bits per heavy atom.